The standard InChI is InChI=1S/C20H27N5/c21-18-19(24-17-9-3-1-2-4-10-17)22-14-23-20(18)25-12-11-15-7-5-6-8-16(15)13-25/h5-8,14,17H,1-4,9-13,21H2,(H,22,23,24). The summed E-state index contributed by atoms with van der Waals surface area (Å²) in [6, 6.07) is 9.11. The Morgan fingerprint density at radius 2 is 1.76 bits per heavy atom. The molecule has 0 unspecified atom stereocenters. The SMILES string of the molecule is Nc1c(NC2CCCCCC2)ncnc1N1CCc2ccccc2C1. The maximum absolute atomic E-state index is 6.46. The molecule has 3 N–H and O–H groups in total. The van der Waals surface area contributed by atoms with Gasteiger partial charge in [-0.1, -0.05) is 49.9 Å². The van der Waals surface area contributed by atoms with Gasteiger partial charge in [-0.15, -0.1) is 0 Å². The number of anilines is 3. The van der Waals surface area contributed by atoms with Crippen LogP contribution in [0.1, 0.15) is 49.7 Å². The molecule has 5 heteroatoms. The minimum absolute atomic E-state index is 0.481. The van der Waals surface area contributed by atoms with Crippen LogP contribution < -0.4 is 16.0 Å². The summed E-state index contributed by atoms with van der Waals surface area (Å²) in [5.74, 6) is 1.66. The summed E-state index contributed by atoms with van der Waals surface area (Å²) in [5.41, 5.74) is 9.95. The number of hydrogen-bond acceptors (Lipinski definition) is 5. The van der Waals surface area contributed by atoms with Crippen molar-refractivity contribution in [2.45, 2.75) is 57.5 Å². The summed E-state index contributed by atoms with van der Waals surface area (Å²) < 4.78 is 0. The van der Waals surface area contributed by atoms with E-state index in [1.54, 1.807) is 6.33 Å². The minimum atomic E-state index is 0.481. The molecule has 0 saturated heterocycles. The molecule has 1 aromatic carbocycles. The second kappa shape index (κ2) is 7.30. The Morgan fingerprint density at radius 3 is 2.56 bits per heavy atom. The van der Waals surface area contributed by atoms with Crippen molar-refractivity contribution in [3.8, 4) is 0 Å². The third kappa shape index (κ3) is 3.55. The second-order valence-corrected chi connectivity index (χ2v) is 7.23. The first kappa shape index (κ1) is 16.2. The summed E-state index contributed by atoms with van der Waals surface area (Å²) in [4.78, 5) is 11.2. The lowest BCUT2D eigenvalue weighted by Gasteiger charge is -2.31. The highest BCUT2D eigenvalue weighted by molar-refractivity contribution is 5.75. The summed E-state index contributed by atoms with van der Waals surface area (Å²) in [6.45, 7) is 1.81. The van der Waals surface area contributed by atoms with E-state index < -0.39 is 0 Å². The van der Waals surface area contributed by atoms with Gasteiger partial charge in [-0.05, 0) is 30.4 Å². The van der Waals surface area contributed by atoms with Crippen LogP contribution in [0.2, 0.25) is 0 Å². The summed E-state index contributed by atoms with van der Waals surface area (Å²) in [6.07, 6.45) is 10.4. The van der Waals surface area contributed by atoms with Gasteiger partial charge in [-0.3, -0.25) is 0 Å². The molecule has 0 atom stereocenters. The molecule has 132 valence electrons. The number of nitrogen functional groups attached to an aromatic ring is 1. The van der Waals surface area contributed by atoms with Crippen LogP contribution in [0.3, 0.4) is 0 Å². The average Bonchev–Trinajstić information content (AvgIpc) is 2.92. The van der Waals surface area contributed by atoms with E-state index in [1.165, 1.54) is 49.7 Å². The monoisotopic (exact) mass is 337 g/mol. The van der Waals surface area contributed by atoms with E-state index in [0.717, 1.165) is 31.1 Å². The topological polar surface area (TPSA) is 67.1 Å². The number of aromatic nitrogens is 2. The van der Waals surface area contributed by atoms with E-state index in [1.807, 2.05) is 0 Å². The maximum atomic E-state index is 6.46. The molecule has 0 bridgehead atoms. The van der Waals surface area contributed by atoms with Crippen molar-refractivity contribution in [2.24, 2.45) is 0 Å². The number of nitrogens with two attached hydrogens (primary N) is 1. The highest BCUT2D eigenvalue weighted by atomic mass is 15.2. The highest BCUT2D eigenvalue weighted by Crippen LogP contribution is 2.31. The Morgan fingerprint density at radius 1 is 1.00 bits per heavy atom. The third-order valence-electron chi connectivity index (χ3n) is 5.49. The molecule has 1 aromatic heterocycles. The number of benzene rings is 1. The van der Waals surface area contributed by atoms with Crippen molar-refractivity contribution >= 4 is 17.3 Å². The van der Waals surface area contributed by atoms with Crippen LogP contribution in [0.4, 0.5) is 17.3 Å². The molecule has 1 fully saturated rings. The smallest absolute Gasteiger partial charge is 0.157 e. The molecule has 0 radical (unpaired) electrons. The molecule has 1 aliphatic carbocycles. The Labute approximate surface area is 149 Å². The van der Waals surface area contributed by atoms with Gasteiger partial charge in [0.05, 0.1) is 0 Å². The fraction of sp³-hybridized carbons (Fsp3) is 0.500. The Bertz CT molecular complexity index is 722. The van der Waals surface area contributed by atoms with Crippen molar-refractivity contribution in [3.05, 3.63) is 41.7 Å². The molecule has 2 aliphatic rings. The van der Waals surface area contributed by atoms with E-state index in [-0.39, 0.29) is 0 Å². The zero-order chi connectivity index (χ0) is 17.1. The molecular weight excluding hydrogens is 310 g/mol. The van der Waals surface area contributed by atoms with Gasteiger partial charge in [-0.2, -0.15) is 0 Å². The Kier molecular flexibility index (Phi) is 4.72. The molecule has 5 nitrogen and oxygen atoms in total. The zero-order valence-corrected chi connectivity index (χ0v) is 14.7. The molecule has 25 heavy (non-hydrogen) atoms. The van der Waals surface area contributed by atoms with Gasteiger partial charge in [0.2, 0.25) is 0 Å². The minimum Gasteiger partial charge on any atom is -0.393 e. The number of hydrogen-bond donors (Lipinski definition) is 2. The first-order valence-corrected chi connectivity index (χ1v) is 9.50. The van der Waals surface area contributed by atoms with Gasteiger partial charge >= 0.3 is 0 Å². The van der Waals surface area contributed by atoms with Gasteiger partial charge in [0.1, 0.15) is 12.0 Å². The first-order valence-electron chi connectivity index (χ1n) is 9.50. The molecule has 2 heterocycles. The van der Waals surface area contributed by atoms with Crippen molar-refractivity contribution in [1.29, 1.82) is 0 Å². The van der Waals surface area contributed by atoms with Crippen LogP contribution in [0, 0.1) is 0 Å². The largest absolute Gasteiger partial charge is 0.393 e. The Hall–Kier alpha value is -2.30. The zero-order valence-electron chi connectivity index (χ0n) is 14.7. The van der Waals surface area contributed by atoms with Gasteiger partial charge < -0.3 is 16.0 Å². The fourth-order valence-electron chi connectivity index (χ4n) is 4.05. The van der Waals surface area contributed by atoms with Crippen molar-refractivity contribution < 1.29 is 0 Å². The van der Waals surface area contributed by atoms with E-state index in [0.29, 0.717) is 11.7 Å². The number of nitrogens with zero attached hydrogens (tertiary/aromatic N) is 3. The van der Waals surface area contributed by atoms with E-state index in [2.05, 4.69) is 44.5 Å². The maximum Gasteiger partial charge on any atom is 0.157 e. The Balaban J connectivity index is 1.53. The van der Waals surface area contributed by atoms with Crippen molar-refractivity contribution in [1.82, 2.24) is 9.97 Å². The summed E-state index contributed by atoms with van der Waals surface area (Å²) in [7, 11) is 0. The normalized spacial score (nSPS) is 18.5. The van der Waals surface area contributed by atoms with E-state index in [4.69, 9.17) is 5.73 Å². The number of nitrogens with one attached hydrogen (secondary N) is 1. The van der Waals surface area contributed by atoms with Gasteiger partial charge in [-0.25, -0.2) is 9.97 Å². The lowest BCUT2D eigenvalue weighted by atomic mass is 10.00. The quantitative estimate of drug-likeness (QED) is 0.835. The molecular formula is C20H27N5. The predicted molar refractivity (Wildman–Crippen MR) is 103 cm³/mol. The van der Waals surface area contributed by atoms with Crippen molar-refractivity contribution in [2.75, 3.05) is 22.5 Å². The van der Waals surface area contributed by atoms with E-state index >= 15 is 0 Å². The fourth-order valence-corrected chi connectivity index (χ4v) is 4.05. The predicted octanol–water partition coefficient (Wildman–Crippen LogP) is 3.76. The van der Waals surface area contributed by atoms with Crippen LogP contribution in [0.5, 0.6) is 0 Å². The van der Waals surface area contributed by atoms with Crippen LogP contribution in [-0.4, -0.2) is 22.6 Å². The summed E-state index contributed by atoms with van der Waals surface area (Å²) >= 11 is 0. The molecule has 1 saturated carbocycles. The lowest BCUT2D eigenvalue weighted by molar-refractivity contribution is 0.617. The molecule has 0 spiro atoms. The van der Waals surface area contributed by atoms with Gasteiger partial charge in [0, 0.05) is 19.1 Å². The van der Waals surface area contributed by atoms with Crippen LogP contribution in [0.15, 0.2) is 30.6 Å². The third-order valence-corrected chi connectivity index (χ3v) is 5.49. The number of fused-ring (bicyclic) bond motifs is 1. The van der Waals surface area contributed by atoms with Crippen molar-refractivity contribution in [3.63, 3.8) is 0 Å². The molecule has 2 aromatic rings. The van der Waals surface area contributed by atoms with Gasteiger partial charge in [0.25, 0.3) is 0 Å². The van der Waals surface area contributed by atoms with E-state index in [9.17, 15) is 0 Å². The molecule has 4 rings (SSSR count). The highest BCUT2D eigenvalue weighted by Gasteiger charge is 2.21. The molecule has 1 aliphatic heterocycles. The van der Waals surface area contributed by atoms with Crippen LogP contribution in [0.25, 0.3) is 0 Å². The number of rotatable bonds is 3. The van der Waals surface area contributed by atoms with Crippen LogP contribution >= 0.6 is 0 Å². The molecule has 0 amide bonds. The lowest BCUT2D eigenvalue weighted by Crippen LogP contribution is -2.32. The first-order chi connectivity index (χ1) is 12.3. The van der Waals surface area contributed by atoms with Crippen LogP contribution in [-0.2, 0) is 13.0 Å². The van der Waals surface area contributed by atoms with Gasteiger partial charge in [0.15, 0.2) is 11.6 Å². The average molecular weight is 337 g/mol. The summed E-state index contributed by atoms with van der Waals surface area (Å²) in [5, 5.41) is 3.58. The second-order valence-electron chi connectivity index (χ2n) is 7.23.